The number of carbonyl (C=O) groups excluding carboxylic acids is 1. The van der Waals surface area contributed by atoms with Gasteiger partial charge in [0.15, 0.2) is 0 Å². The summed E-state index contributed by atoms with van der Waals surface area (Å²) in [5.74, 6) is -0.114. The van der Waals surface area contributed by atoms with Crippen molar-refractivity contribution in [3.8, 4) is 0 Å². The van der Waals surface area contributed by atoms with Gasteiger partial charge in [-0.3, -0.25) is 4.79 Å². The number of hydrogen-bond donors (Lipinski definition) is 2. The van der Waals surface area contributed by atoms with Crippen LogP contribution < -0.4 is 5.32 Å². The molecule has 100 valence electrons. The topological polar surface area (TPSA) is 49.3 Å². The van der Waals surface area contributed by atoms with Gasteiger partial charge in [-0.1, -0.05) is 31.5 Å². The van der Waals surface area contributed by atoms with Gasteiger partial charge in [0.1, 0.15) is 0 Å². The molecule has 0 fully saturated rings. The Bertz CT molecular complexity index is 423. The lowest BCUT2D eigenvalue weighted by atomic mass is 9.97. The van der Waals surface area contributed by atoms with Gasteiger partial charge >= 0.3 is 0 Å². The quantitative estimate of drug-likeness (QED) is 0.842. The fourth-order valence-corrected chi connectivity index (χ4v) is 1.82. The first-order valence-corrected chi connectivity index (χ1v) is 6.49. The summed E-state index contributed by atoms with van der Waals surface area (Å²) in [7, 11) is 0. The molecule has 0 aliphatic rings. The molecule has 0 unspecified atom stereocenters. The van der Waals surface area contributed by atoms with Crippen LogP contribution in [0.1, 0.15) is 48.2 Å². The Balaban J connectivity index is 2.74. The second kappa shape index (κ2) is 6.01. The van der Waals surface area contributed by atoms with Crippen LogP contribution in [0.25, 0.3) is 0 Å². The Morgan fingerprint density at radius 3 is 2.44 bits per heavy atom. The molecule has 1 aromatic carbocycles. The van der Waals surface area contributed by atoms with Crippen LogP contribution >= 0.6 is 0 Å². The van der Waals surface area contributed by atoms with Gasteiger partial charge in [0.25, 0.3) is 5.91 Å². The Labute approximate surface area is 109 Å². The molecule has 1 rings (SSSR count). The molecule has 0 spiro atoms. The van der Waals surface area contributed by atoms with Crippen LogP contribution in [0.4, 0.5) is 0 Å². The van der Waals surface area contributed by atoms with Gasteiger partial charge in [-0.2, -0.15) is 0 Å². The average Bonchev–Trinajstić information content (AvgIpc) is 2.38. The fraction of sp³-hybridized carbons (Fsp3) is 0.533. The predicted molar refractivity (Wildman–Crippen MR) is 73.8 cm³/mol. The largest absolute Gasteiger partial charge is 0.388 e. The van der Waals surface area contributed by atoms with Crippen molar-refractivity contribution < 1.29 is 9.90 Å². The highest BCUT2D eigenvalue weighted by Gasteiger charge is 2.23. The standard InChI is InChI=1S/C15H23NO2/c1-5-15(18,6-2)10-16-14(17)13-9-11(3)7-8-12(13)4/h7-9,18H,5-6,10H2,1-4H3,(H,16,17). The summed E-state index contributed by atoms with van der Waals surface area (Å²) in [6.45, 7) is 8.03. The maximum Gasteiger partial charge on any atom is 0.251 e. The molecular formula is C15H23NO2. The third kappa shape index (κ3) is 3.57. The van der Waals surface area contributed by atoms with Crippen LogP contribution in [0.15, 0.2) is 18.2 Å². The molecule has 0 bridgehead atoms. The van der Waals surface area contributed by atoms with E-state index in [4.69, 9.17) is 0 Å². The van der Waals surface area contributed by atoms with E-state index in [1.165, 1.54) is 0 Å². The van der Waals surface area contributed by atoms with Gasteiger partial charge in [-0.15, -0.1) is 0 Å². The third-order valence-corrected chi connectivity index (χ3v) is 3.53. The first-order chi connectivity index (χ1) is 8.41. The summed E-state index contributed by atoms with van der Waals surface area (Å²) < 4.78 is 0. The van der Waals surface area contributed by atoms with Crippen LogP contribution in [0, 0.1) is 13.8 Å². The van der Waals surface area contributed by atoms with Gasteiger partial charge in [-0.05, 0) is 38.3 Å². The van der Waals surface area contributed by atoms with E-state index in [9.17, 15) is 9.90 Å². The van der Waals surface area contributed by atoms with Crippen LogP contribution in [-0.2, 0) is 0 Å². The SMILES string of the molecule is CCC(O)(CC)CNC(=O)c1cc(C)ccc1C. The highest BCUT2D eigenvalue weighted by molar-refractivity contribution is 5.95. The summed E-state index contributed by atoms with van der Waals surface area (Å²) in [4.78, 5) is 12.1. The van der Waals surface area contributed by atoms with E-state index in [0.29, 0.717) is 24.9 Å². The summed E-state index contributed by atoms with van der Waals surface area (Å²) in [5, 5.41) is 13.0. The average molecular weight is 249 g/mol. The van der Waals surface area contributed by atoms with Crippen LogP contribution in [0.5, 0.6) is 0 Å². The second-order valence-corrected chi connectivity index (χ2v) is 4.93. The molecule has 0 heterocycles. The highest BCUT2D eigenvalue weighted by atomic mass is 16.3. The first kappa shape index (κ1) is 14.7. The number of carbonyl (C=O) groups is 1. The van der Waals surface area contributed by atoms with E-state index in [1.807, 2.05) is 45.9 Å². The van der Waals surface area contributed by atoms with Crippen LogP contribution in [0.3, 0.4) is 0 Å². The molecule has 0 radical (unpaired) electrons. The summed E-state index contributed by atoms with van der Waals surface area (Å²) in [6, 6.07) is 5.80. The van der Waals surface area contributed by atoms with Crippen LogP contribution in [-0.4, -0.2) is 23.2 Å². The Hall–Kier alpha value is -1.35. The van der Waals surface area contributed by atoms with Gasteiger partial charge in [0.2, 0.25) is 0 Å². The second-order valence-electron chi connectivity index (χ2n) is 4.93. The molecule has 1 amide bonds. The normalized spacial score (nSPS) is 11.4. The molecule has 3 heteroatoms. The summed E-state index contributed by atoms with van der Waals surface area (Å²) >= 11 is 0. The molecule has 18 heavy (non-hydrogen) atoms. The van der Waals surface area contributed by atoms with Crippen LogP contribution in [0.2, 0.25) is 0 Å². The van der Waals surface area contributed by atoms with Crippen molar-refractivity contribution in [1.29, 1.82) is 0 Å². The number of aliphatic hydroxyl groups is 1. The molecule has 2 N–H and O–H groups in total. The summed E-state index contributed by atoms with van der Waals surface area (Å²) in [6.07, 6.45) is 1.27. The smallest absolute Gasteiger partial charge is 0.251 e. The fourth-order valence-electron chi connectivity index (χ4n) is 1.82. The first-order valence-electron chi connectivity index (χ1n) is 6.49. The van der Waals surface area contributed by atoms with E-state index in [0.717, 1.165) is 11.1 Å². The monoisotopic (exact) mass is 249 g/mol. The third-order valence-electron chi connectivity index (χ3n) is 3.53. The molecule has 0 saturated carbocycles. The highest BCUT2D eigenvalue weighted by Crippen LogP contribution is 2.14. The van der Waals surface area contributed by atoms with Crippen molar-refractivity contribution in [3.63, 3.8) is 0 Å². The van der Waals surface area contributed by atoms with E-state index in [-0.39, 0.29) is 5.91 Å². The van der Waals surface area contributed by atoms with E-state index in [1.54, 1.807) is 0 Å². The number of nitrogens with one attached hydrogen (secondary N) is 1. The zero-order valence-corrected chi connectivity index (χ0v) is 11.7. The number of aryl methyl sites for hydroxylation is 2. The maximum absolute atomic E-state index is 12.1. The Morgan fingerprint density at radius 1 is 1.28 bits per heavy atom. The minimum absolute atomic E-state index is 0.114. The molecule has 1 aromatic rings. The summed E-state index contributed by atoms with van der Waals surface area (Å²) in [5.41, 5.74) is 1.90. The lowest BCUT2D eigenvalue weighted by Crippen LogP contribution is -2.42. The molecule has 0 saturated heterocycles. The zero-order chi connectivity index (χ0) is 13.8. The van der Waals surface area contributed by atoms with Crippen molar-refractivity contribution in [1.82, 2.24) is 5.32 Å². The molecule has 0 atom stereocenters. The van der Waals surface area contributed by atoms with Gasteiger partial charge in [-0.25, -0.2) is 0 Å². The van der Waals surface area contributed by atoms with Crippen molar-refractivity contribution >= 4 is 5.91 Å². The van der Waals surface area contributed by atoms with Gasteiger partial charge < -0.3 is 10.4 Å². The maximum atomic E-state index is 12.1. The molecule has 0 aliphatic carbocycles. The molecular weight excluding hydrogens is 226 g/mol. The minimum Gasteiger partial charge on any atom is -0.388 e. The number of rotatable bonds is 5. The van der Waals surface area contributed by atoms with Crippen molar-refractivity contribution in [3.05, 3.63) is 34.9 Å². The lowest BCUT2D eigenvalue weighted by Gasteiger charge is -2.25. The number of amides is 1. The molecule has 0 aromatic heterocycles. The van der Waals surface area contributed by atoms with Gasteiger partial charge in [0, 0.05) is 12.1 Å². The molecule has 3 nitrogen and oxygen atoms in total. The van der Waals surface area contributed by atoms with E-state index < -0.39 is 5.60 Å². The van der Waals surface area contributed by atoms with Gasteiger partial charge in [0.05, 0.1) is 5.60 Å². The Morgan fingerprint density at radius 2 is 1.89 bits per heavy atom. The van der Waals surface area contributed by atoms with Crippen molar-refractivity contribution in [2.45, 2.75) is 46.1 Å². The Kier molecular flexibility index (Phi) is 4.91. The number of hydrogen-bond acceptors (Lipinski definition) is 2. The minimum atomic E-state index is -0.798. The van der Waals surface area contributed by atoms with E-state index >= 15 is 0 Å². The van der Waals surface area contributed by atoms with Crippen molar-refractivity contribution in [2.75, 3.05) is 6.54 Å². The molecule has 0 aliphatic heterocycles. The lowest BCUT2D eigenvalue weighted by molar-refractivity contribution is 0.0314. The zero-order valence-electron chi connectivity index (χ0n) is 11.7. The van der Waals surface area contributed by atoms with Crippen molar-refractivity contribution in [2.24, 2.45) is 0 Å². The number of benzene rings is 1. The predicted octanol–water partition coefficient (Wildman–Crippen LogP) is 2.58. The van der Waals surface area contributed by atoms with E-state index in [2.05, 4.69) is 5.32 Å².